The number of aromatic nitrogens is 5. The normalized spacial score (nSPS) is 10.8. The van der Waals surface area contributed by atoms with E-state index in [0.717, 1.165) is 16.6 Å². The fourth-order valence-corrected chi connectivity index (χ4v) is 2.41. The van der Waals surface area contributed by atoms with Crippen LogP contribution >= 0.6 is 0 Å². The number of fused-ring (bicyclic) bond motifs is 3. The van der Waals surface area contributed by atoms with Crippen molar-refractivity contribution in [3.63, 3.8) is 0 Å². The van der Waals surface area contributed by atoms with E-state index >= 15 is 0 Å². The maximum Gasteiger partial charge on any atom is 0.280 e. The molecule has 110 valence electrons. The smallest absolute Gasteiger partial charge is 0.280 e. The van der Waals surface area contributed by atoms with Crippen molar-refractivity contribution in [2.45, 2.75) is 6.92 Å². The highest BCUT2D eigenvalue weighted by Gasteiger charge is 2.12. The van der Waals surface area contributed by atoms with E-state index in [1.807, 2.05) is 25.1 Å². The summed E-state index contributed by atoms with van der Waals surface area (Å²) in [7, 11) is 0. The van der Waals surface area contributed by atoms with Crippen LogP contribution < -0.4 is 5.56 Å². The van der Waals surface area contributed by atoms with E-state index in [1.54, 1.807) is 24.7 Å². The Hall–Kier alpha value is -3.06. The molecule has 4 rings (SSSR count). The monoisotopic (exact) mass is 295 g/mol. The second kappa shape index (κ2) is 5.05. The number of hydrogen-bond donors (Lipinski definition) is 1. The van der Waals surface area contributed by atoms with E-state index < -0.39 is 0 Å². The lowest BCUT2D eigenvalue weighted by Crippen LogP contribution is -2.14. The molecular formula is C15H13N5O2. The third-order valence-electron chi connectivity index (χ3n) is 3.43. The van der Waals surface area contributed by atoms with Gasteiger partial charge in [0.15, 0.2) is 5.65 Å². The zero-order valence-electron chi connectivity index (χ0n) is 11.7. The number of pyridine rings is 3. The molecule has 0 aliphatic rings. The number of rotatable bonds is 1. The molecule has 0 amide bonds. The number of aromatic amines is 1. The van der Waals surface area contributed by atoms with Crippen molar-refractivity contribution in [1.29, 1.82) is 0 Å². The lowest BCUT2D eigenvalue weighted by atomic mass is 10.2. The molecule has 0 aromatic carbocycles. The summed E-state index contributed by atoms with van der Waals surface area (Å²) in [6.07, 6.45) is 4.87. The third kappa shape index (κ3) is 1.95. The molecule has 0 aliphatic carbocycles. The molecule has 4 heterocycles. The molecule has 0 saturated heterocycles. The first kappa shape index (κ1) is 13.9. The molecule has 22 heavy (non-hydrogen) atoms. The van der Waals surface area contributed by atoms with Crippen molar-refractivity contribution in [2.75, 3.05) is 0 Å². The standard InChI is InChI=1S/C15H11N5O.H2O/c1-9-4-5-11-13-12(8-17-14(11)18-9)15(21)20(19-13)10-3-2-6-16-7-10;/h2-8,19H,1H3;1H2. The predicted molar refractivity (Wildman–Crippen MR) is 83.1 cm³/mol. The second-order valence-corrected chi connectivity index (χ2v) is 4.83. The number of nitrogens with one attached hydrogen (secondary N) is 1. The van der Waals surface area contributed by atoms with Crippen molar-refractivity contribution in [1.82, 2.24) is 24.7 Å². The number of nitrogens with zero attached hydrogens (tertiary/aromatic N) is 4. The van der Waals surface area contributed by atoms with Gasteiger partial charge in [-0.25, -0.2) is 14.6 Å². The molecule has 0 radical (unpaired) electrons. The summed E-state index contributed by atoms with van der Waals surface area (Å²) in [5, 5.41) is 4.50. The SMILES string of the molecule is Cc1ccc2c(ncc3c(=O)n(-c4cccnc4)[nH]c32)n1.O. The summed E-state index contributed by atoms with van der Waals surface area (Å²) < 4.78 is 1.47. The Bertz CT molecular complexity index is 1020. The zero-order valence-corrected chi connectivity index (χ0v) is 11.7. The van der Waals surface area contributed by atoms with Gasteiger partial charge in [-0.05, 0) is 31.2 Å². The quantitative estimate of drug-likeness (QED) is 0.568. The van der Waals surface area contributed by atoms with Gasteiger partial charge in [0.2, 0.25) is 0 Å². The molecule has 4 aromatic rings. The highest BCUT2D eigenvalue weighted by molar-refractivity contribution is 6.01. The van der Waals surface area contributed by atoms with Gasteiger partial charge in [-0.1, -0.05) is 0 Å². The summed E-state index contributed by atoms with van der Waals surface area (Å²) in [4.78, 5) is 25.2. The summed E-state index contributed by atoms with van der Waals surface area (Å²) in [6, 6.07) is 7.44. The van der Waals surface area contributed by atoms with Gasteiger partial charge < -0.3 is 5.48 Å². The van der Waals surface area contributed by atoms with Crippen molar-refractivity contribution in [3.8, 4) is 5.69 Å². The van der Waals surface area contributed by atoms with Crippen LogP contribution in [0.15, 0.2) is 47.7 Å². The topological polar surface area (TPSA) is 108 Å². The maximum atomic E-state index is 12.5. The lowest BCUT2D eigenvalue weighted by Gasteiger charge is -2.00. The van der Waals surface area contributed by atoms with Crippen LogP contribution in [0.1, 0.15) is 5.69 Å². The lowest BCUT2D eigenvalue weighted by molar-refractivity contribution is 0.824. The molecule has 7 nitrogen and oxygen atoms in total. The van der Waals surface area contributed by atoms with Crippen molar-refractivity contribution >= 4 is 21.9 Å². The predicted octanol–water partition coefficient (Wildman–Crippen LogP) is 1.14. The molecule has 0 spiro atoms. The first-order valence-corrected chi connectivity index (χ1v) is 6.51. The third-order valence-corrected chi connectivity index (χ3v) is 3.43. The summed E-state index contributed by atoms with van der Waals surface area (Å²) in [5.41, 5.74) is 2.80. The van der Waals surface area contributed by atoms with Gasteiger partial charge in [0.05, 0.1) is 22.8 Å². The molecule has 0 atom stereocenters. The van der Waals surface area contributed by atoms with Crippen LogP contribution in [0.3, 0.4) is 0 Å². The average Bonchev–Trinajstić information content (AvgIpc) is 2.85. The Labute approximate surface area is 124 Å². The molecule has 7 heteroatoms. The van der Waals surface area contributed by atoms with Gasteiger partial charge in [0.25, 0.3) is 5.56 Å². The number of hydrogen-bond acceptors (Lipinski definition) is 4. The fraction of sp³-hybridized carbons (Fsp3) is 0.0667. The van der Waals surface area contributed by atoms with Crippen LogP contribution in [0.25, 0.3) is 27.6 Å². The molecule has 3 N–H and O–H groups in total. The highest BCUT2D eigenvalue weighted by atomic mass is 16.1. The van der Waals surface area contributed by atoms with E-state index in [1.165, 1.54) is 4.68 Å². The summed E-state index contributed by atoms with van der Waals surface area (Å²) in [6.45, 7) is 1.91. The molecule has 0 unspecified atom stereocenters. The van der Waals surface area contributed by atoms with Crippen LogP contribution in [-0.4, -0.2) is 30.2 Å². The van der Waals surface area contributed by atoms with Crippen molar-refractivity contribution in [3.05, 3.63) is 58.9 Å². The minimum atomic E-state index is -0.145. The van der Waals surface area contributed by atoms with E-state index in [4.69, 9.17) is 0 Å². The van der Waals surface area contributed by atoms with E-state index in [9.17, 15) is 4.79 Å². The van der Waals surface area contributed by atoms with E-state index in [2.05, 4.69) is 20.1 Å². The second-order valence-electron chi connectivity index (χ2n) is 4.83. The van der Waals surface area contributed by atoms with Crippen molar-refractivity contribution < 1.29 is 5.48 Å². The largest absolute Gasteiger partial charge is 0.412 e. The molecular weight excluding hydrogens is 282 g/mol. The fourth-order valence-electron chi connectivity index (χ4n) is 2.41. The Morgan fingerprint density at radius 3 is 2.77 bits per heavy atom. The minimum Gasteiger partial charge on any atom is -0.412 e. The molecule has 0 aliphatic heterocycles. The molecule has 0 saturated carbocycles. The highest BCUT2D eigenvalue weighted by Crippen LogP contribution is 2.19. The summed E-state index contributed by atoms with van der Waals surface area (Å²) in [5.74, 6) is 0. The van der Waals surface area contributed by atoms with E-state index in [0.29, 0.717) is 16.7 Å². The van der Waals surface area contributed by atoms with Crippen LogP contribution in [0.5, 0.6) is 0 Å². The van der Waals surface area contributed by atoms with Gasteiger partial charge in [0, 0.05) is 23.5 Å². The number of aryl methyl sites for hydroxylation is 1. The Kier molecular flexibility index (Phi) is 3.19. The van der Waals surface area contributed by atoms with Crippen LogP contribution in [0.2, 0.25) is 0 Å². The van der Waals surface area contributed by atoms with E-state index in [-0.39, 0.29) is 11.0 Å². The van der Waals surface area contributed by atoms with Crippen molar-refractivity contribution in [2.24, 2.45) is 0 Å². The molecule has 4 aromatic heterocycles. The average molecular weight is 295 g/mol. The Morgan fingerprint density at radius 2 is 2.00 bits per heavy atom. The van der Waals surface area contributed by atoms with Gasteiger partial charge in [-0.15, -0.1) is 0 Å². The molecule has 0 fully saturated rings. The first-order valence-electron chi connectivity index (χ1n) is 6.51. The minimum absolute atomic E-state index is 0. The number of H-pyrrole nitrogens is 1. The van der Waals surface area contributed by atoms with Gasteiger partial charge in [0.1, 0.15) is 0 Å². The van der Waals surface area contributed by atoms with Gasteiger partial charge >= 0.3 is 0 Å². The zero-order chi connectivity index (χ0) is 14.4. The van der Waals surface area contributed by atoms with Crippen LogP contribution in [0, 0.1) is 6.92 Å². The summed E-state index contributed by atoms with van der Waals surface area (Å²) >= 11 is 0. The molecule has 0 bridgehead atoms. The Balaban J connectivity index is 0.00000144. The van der Waals surface area contributed by atoms with Crippen LogP contribution in [-0.2, 0) is 0 Å². The first-order chi connectivity index (χ1) is 10.2. The Morgan fingerprint density at radius 1 is 1.14 bits per heavy atom. The van der Waals surface area contributed by atoms with Gasteiger partial charge in [-0.3, -0.25) is 14.9 Å². The van der Waals surface area contributed by atoms with Crippen LogP contribution in [0.4, 0.5) is 0 Å². The van der Waals surface area contributed by atoms with Gasteiger partial charge in [-0.2, -0.15) is 0 Å². The maximum absolute atomic E-state index is 12.5.